The monoisotopic (exact) mass is 529 g/mol. The summed E-state index contributed by atoms with van der Waals surface area (Å²) in [5.41, 5.74) is 8.08. The number of halogens is 3. The summed E-state index contributed by atoms with van der Waals surface area (Å²) < 4.78 is 46.2. The van der Waals surface area contributed by atoms with Crippen molar-refractivity contribution in [3.63, 3.8) is 0 Å². The first-order valence-electron chi connectivity index (χ1n) is 13.0. The Balaban J connectivity index is 1.35. The van der Waals surface area contributed by atoms with Crippen LogP contribution in [0.25, 0.3) is 10.9 Å². The van der Waals surface area contributed by atoms with Gasteiger partial charge in [0, 0.05) is 24.2 Å². The Morgan fingerprint density at radius 2 is 1.87 bits per heavy atom. The summed E-state index contributed by atoms with van der Waals surface area (Å²) in [4.78, 5) is 19.0. The number of fused-ring (bicyclic) bond motifs is 1. The summed E-state index contributed by atoms with van der Waals surface area (Å²) in [5.74, 6) is -3.03. The van der Waals surface area contributed by atoms with Crippen LogP contribution in [0.3, 0.4) is 0 Å². The lowest BCUT2D eigenvalue weighted by Gasteiger charge is -2.39. The summed E-state index contributed by atoms with van der Waals surface area (Å²) >= 11 is 0. The van der Waals surface area contributed by atoms with Gasteiger partial charge in [-0.3, -0.25) is 9.78 Å². The van der Waals surface area contributed by atoms with Gasteiger partial charge in [0.15, 0.2) is 11.6 Å². The van der Waals surface area contributed by atoms with Crippen LogP contribution < -0.4 is 10.5 Å². The molecule has 0 unspecified atom stereocenters. The number of piperidine rings is 1. The minimum atomic E-state index is -1.18. The van der Waals surface area contributed by atoms with Crippen LogP contribution in [0.15, 0.2) is 36.5 Å². The number of ether oxygens (including phenoxy) is 1. The first-order chi connectivity index (χ1) is 18.3. The van der Waals surface area contributed by atoms with Crippen LogP contribution in [0.4, 0.5) is 13.2 Å². The van der Waals surface area contributed by atoms with E-state index in [4.69, 9.17) is 10.5 Å². The highest BCUT2D eigenvalue weighted by atomic mass is 19.2. The van der Waals surface area contributed by atoms with Gasteiger partial charge < -0.3 is 20.5 Å². The molecule has 6 nitrogen and oxygen atoms in total. The number of hydrogen-bond donors (Lipinski definition) is 2. The van der Waals surface area contributed by atoms with Gasteiger partial charge in [-0.05, 0) is 106 Å². The summed E-state index contributed by atoms with van der Waals surface area (Å²) in [5, 5.41) is 11.1. The van der Waals surface area contributed by atoms with Crippen molar-refractivity contribution in [1.82, 2.24) is 9.88 Å². The van der Waals surface area contributed by atoms with E-state index >= 15 is 0 Å². The van der Waals surface area contributed by atoms with Crippen LogP contribution in [0.5, 0.6) is 5.75 Å². The van der Waals surface area contributed by atoms with Crippen LogP contribution in [0.1, 0.15) is 48.8 Å². The van der Waals surface area contributed by atoms with Crippen LogP contribution in [0.2, 0.25) is 0 Å². The number of hydrogen-bond acceptors (Lipinski definition) is 5. The van der Waals surface area contributed by atoms with E-state index in [1.807, 2.05) is 18.2 Å². The molecular weight excluding hydrogens is 495 g/mol. The summed E-state index contributed by atoms with van der Waals surface area (Å²) in [6.45, 7) is 2.17. The minimum absolute atomic E-state index is 0.0255. The number of carboxylic acids is 1. The average molecular weight is 530 g/mol. The van der Waals surface area contributed by atoms with E-state index in [1.54, 1.807) is 13.3 Å². The zero-order valence-electron chi connectivity index (χ0n) is 21.6. The Morgan fingerprint density at radius 3 is 2.55 bits per heavy atom. The van der Waals surface area contributed by atoms with Crippen molar-refractivity contribution < 1.29 is 27.8 Å². The quantitative estimate of drug-likeness (QED) is 0.330. The maximum absolute atomic E-state index is 13.9. The molecule has 0 amide bonds. The number of likely N-dealkylation sites (tertiary alicyclic amines) is 1. The van der Waals surface area contributed by atoms with Crippen molar-refractivity contribution >= 4 is 16.9 Å². The minimum Gasteiger partial charge on any atom is -0.497 e. The largest absolute Gasteiger partial charge is 0.497 e. The molecule has 3 aromatic rings. The molecule has 1 aliphatic rings. The van der Waals surface area contributed by atoms with Gasteiger partial charge in [-0.2, -0.15) is 0 Å². The molecule has 9 heteroatoms. The number of methoxy groups -OCH3 is 1. The lowest BCUT2D eigenvalue weighted by Crippen LogP contribution is -2.44. The van der Waals surface area contributed by atoms with Crippen molar-refractivity contribution in [2.45, 2.75) is 51.5 Å². The Bertz CT molecular complexity index is 1290. The predicted molar refractivity (Wildman–Crippen MR) is 140 cm³/mol. The Labute approximate surface area is 220 Å². The number of aromatic nitrogens is 1. The number of aryl methyl sites for hydroxylation is 2. The van der Waals surface area contributed by atoms with Gasteiger partial charge in [-0.15, -0.1) is 0 Å². The van der Waals surface area contributed by atoms with Gasteiger partial charge in [0.1, 0.15) is 11.6 Å². The van der Waals surface area contributed by atoms with E-state index in [0.717, 1.165) is 33.8 Å². The molecule has 0 aliphatic carbocycles. The van der Waals surface area contributed by atoms with E-state index in [-0.39, 0.29) is 12.0 Å². The second kappa shape index (κ2) is 12.1. The molecule has 1 saturated heterocycles. The number of nitrogens with two attached hydrogens (primary N) is 1. The molecule has 1 aromatic heterocycles. The molecule has 2 aromatic carbocycles. The topological polar surface area (TPSA) is 88.7 Å². The highest BCUT2D eigenvalue weighted by Gasteiger charge is 2.40. The van der Waals surface area contributed by atoms with E-state index in [1.165, 1.54) is 0 Å². The lowest BCUT2D eigenvalue weighted by atomic mass is 9.74. The molecule has 204 valence electrons. The van der Waals surface area contributed by atoms with Gasteiger partial charge in [-0.1, -0.05) is 0 Å². The third-order valence-electron chi connectivity index (χ3n) is 7.83. The molecule has 3 N–H and O–H groups in total. The normalized spacial score (nSPS) is 15.6. The van der Waals surface area contributed by atoms with Gasteiger partial charge in [0.05, 0.1) is 18.0 Å². The van der Waals surface area contributed by atoms with Crippen molar-refractivity contribution in [3.8, 4) is 5.75 Å². The Hall–Kier alpha value is -3.17. The van der Waals surface area contributed by atoms with Gasteiger partial charge in [0.2, 0.25) is 0 Å². The standard InChI is InChI=1S/C29H34F3N3O3/c1-38-22-6-7-26-24(16-22)23(20(17-33)18-34-26)5-2-8-29(28(36)37)9-12-35(13-10-29)11-3-4-19-14-21(30)15-25(31)27(19)32/h6-7,14-16,18H,2-5,8-13,17,33H2,1H3,(H,36,37). The van der Waals surface area contributed by atoms with E-state index in [2.05, 4.69) is 9.88 Å². The molecule has 0 bridgehead atoms. The van der Waals surface area contributed by atoms with Gasteiger partial charge in [0.25, 0.3) is 0 Å². The second-order valence-corrected chi connectivity index (χ2v) is 10.1. The maximum Gasteiger partial charge on any atom is 0.309 e. The summed E-state index contributed by atoms with van der Waals surface area (Å²) in [6.07, 6.45) is 5.49. The summed E-state index contributed by atoms with van der Waals surface area (Å²) in [6, 6.07) is 7.29. The highest BCUT2D eigenvalue weighted by molar-refractivity contribution is 5.84. The van der Waals surface area contributed by atoms with Gasteiger partial charge in [-0.25, -0.2) is 13.2 Å². The number of pyridine rings is 1. The predicted octanol–water partition coefficient (Wildman–Crippen LogP) is 5.24. The molecular formula is C29H34F3N3O3. The first kappa shape index (κ1) is 27.9. The van der Waals surface area contributed by atoms with E-state index < -0.39 is 28.8 Å². The smallest absolute Gasteiger partial charge is 0.309 e. The maximum atomic E-state index is 13.9. The van der Waals surface area contributed by atoms with Crippen LogP contribution in [-0.4, -0.2) is 47.7 Å². The van der Waals surface area contributed by atoms with Crippen LogP contribution in [-0.2, 0) is 24.2 Å². The Kier molecular flexibility index (Phi) is 8.89. The zero-order valence-corrected chi connectivity index (χ0v) is 21.6. The SMILES string of the molecule is COc1ccc2ncc(CN)c(CCCC3(C(=O)O)CCN(CCCc4cc(F)cc(F)c4F)CC3)c2c1. The second-order valence-electron chi connectivity index (χ2n) is 10.1. The van der Waals surface area contributed by atoms with Crippen molar-refractivity contribution in [1.29, 1.82) is 0 Å². The van der Waals surface area contributed by atoms with Crippen LogP contribution in [0, 0.1) is 22.9 Å². The number of aliphatic carboxylic acids is 1. The molecule has 0 atom stereocenters. The van der Waals surface area contributed by atoms with E-state index in [9.17, 15) is 23.1 Å². The van der Waals surface area contributed by atoms with Crippen molar-refractivity contribution in [2.75, 3.05) is 26.7 Å². The van der Waals surface area contributed by atoms with E-state index in [0.29, 0.717) is 70.8 Å². The molecule has 38 heavy (non-hydrogen) atoms. The third kappa shape index (κ3) is 6.10. The molecule has 2 heterocycles. The molecule has 1 fully saturated rings. The highest BCUT2D eigenvalue weighted by Crippen LogP contribution is 2.38. The fourth-order valence-electron chi connectivity index (χ4n) is 5.53. The van der Waals surface area contributed by atoms with Crippen LogP contribution >= 0.6 is 0 Å². The molecule has 0 saturated carbocycles. The summed E-state index contributed by atoms with van der Waals surface area (Å²) in [7, 11) is 1.61. The number of benzene rings is 2. The molecule has 4 rings (SSSR count). The van der Waals surface area contributed by atoms with Crippen molar-refractivity contribution in [2.24, 2.45) is 11.1 Å². The molecule has 0 radical (unpaired) electrons. The number of carbonyl (C=O) groups is 1. The molecule has 0 spiro atoms. The van der Waals surface area contributed by atoms with Gasteiger partial charge >= 0.3 is 5.97 Å². The first-order valence-corrected chi connectivity index (χ1v) is 13.0. The number of carboxylic acid groups (broad SMARTS) is 1. The average Bonchev–Trinajstić information content (AvgIpc) is 2.91. The lowest BCUT2D eigenvalue weighted by molar-refractivity contribution is -0.152. The number of rotatable bonds is 11. The third-order valence-corrected chi connectivity index (χ3v) is 7.83. The fraction of sp³-hybridized carbons (Fsp3) is 0.448. The molecule has 1 aliphatic heterocycles. The number of nitrogens with zero attached hydrogens (tertiary/aromatic N) is 2. The fourth-order valence-corrected chi connectivity index (χ4v) is 5.53. The zero-order chi connectivity index (χ0) is 27.3. The van der Waals surface area contributed by atoms with Crippen molar-refractivity contribution in [3.05, 3.63) is 70.7 Å². The Morgan fingerprint density at radius 1 is 1.11 bits per heavy atom.